The smallest absolute Gasteiger partial charge is 0.119 e. The minimum Gasteiger partial charge on any atom is -0.492 e. The SMILES string of the molecule is C#CCCCC(COc1ccc(Cl)cc1)NC. The number of likely N-dealkylation sites (N-methyl/N-ethyl adjacent to an activating group) is 1. The highest BCUT2D eigenvalue weighted by atomic mass is 35.5. The van der Waals surface area contributed by atoms with E-state index in [4.69, 9.17) is 22.8 Å². The summed E-state index contributed by atoms with van der Waals surface area (Å²) < 4.78 is 5.67. The summed E-state index contributed by atoms with van der Waals surface area (Å²) in [7, 11) is 1.94. The highest BCUT2D eigenvalue weighted by Gasteiger charge is 2.06. The van der Waals surface area contributed by atoms with E-state index in [0.29, 0.717) is 12.6 Å². The molecule has 0 saturated heterocycles. The van der Waals surface area contributed by atoms with Crippen LogP contribution in [0.1, 0.15) is 19.3 Å². The molecular formula is C14H18ClNO. The van der Waals surface area contributed by atoms with Gasteiger partial charge in [0.05, 0.1) is 0 Å². The van der Waals surface area contributed by atoms with E-state index < -0.39 is 0 Å². The molecule has 0 amide bonds. The standard InChI is InChI=1S/C14H18ClNO/c1-3-4-5-6-13(16-2)11-17-14-9-7-12(15)8-10-14/h1,7-10,13,16H,4-6,11H2,2H3. The third-order valence-electron chi connectivity index (χ3n) is 2.55. The molecule has 0 bridgehead atoms. The zero-order valence-electron chi connectivity index (χ0n) is 10.1. The highest BCUT2D eigenvalue weighted by molar-refractivity contribution is 6.30. The molecule has 0 spiro atoms. The molecule has 0 aliphatic carbocycles. The summed E-state index contributed by atoms with van der Waals surface area (Å²) in [6.07, 6.45) is 8.08. The van der Waals surface area contributed by atoms with Gasteiger partial charge >= 0.3 is 0 Å². The topological polar surface area (TPSA) is 21.3 Å². The molecule has 0 aliphatic rings. The second kappa shape index (κ2) is 8.00. The molecule has 1 aromatic rings. The third-order valence-corrected chi connectivity index (χ3v) is 2.80. The van der Waals surface area contributed by atoms with Gasteiger partial charge in [-0.1, -0.05) is 11.6 Å². The Morgan fingerprint density at radius 3 is 2.71 bits per heavy atom. The number of hydrogen-bond donors (Lipinski definition) is 1. The van der Waals surface area contributed by atoms with Gasteiger partial charge in [-0.15, -0.1) is 12.3 Å². The molecule has 3 heteroatoms. The molecule has 0 aliphatic heterocycles. The molecule has 1 atom stereocenters. The van der Waals surface area contributed by atoms with E-state index in [1.165, 1.54) is 0 Å². The Morgan fingerprint density at radius 1 is 1.41 bits per heavy atom. The number of nitrogens with one attached hydrogen (secondary N) is 1. The highest BCUT2D eigenvalue weighted by Crippen LogP contribution is 2.16. The Bertz CT molecular complexity index is 355. The van der Waals surface area contributed by atoms with Gasteiger partial charge in [0.25, 0.3) is 0 Å². The van der Waals surface area contributed by atoms with Crippen LogP contribution in [0.2, 0.25) is 5.02 Å². The number of ether oxygens (including phenoxy) is 1. The van der Waals surface area contributed by atoms with Crippen LogP contribution in [0.25, 0.3) is 0 Å². The van der Waals surface area contributed by atoms with Crippen molar-refractivity contribution in [2.24, 2.45) is 0 Å². The summed E-state index contributed by atoms with van der Waals surface area (Å²) in [5.74, 6) is 3.48. The van der Waals surface area contributed by atoms with Gasteiger partial charge in [0.15, 0.2) is 0 Å². The van der Waals surface area contributed by atoms with Crippen molar-refractivity contribution in [2.45, 2.75) is 25.3 Å². The lowest BCUT2D eigenvalue weighted by Crippen LogP contribution is -2.31. The maximum Gasteiger partial charge on any atom is 0.119 e. The van der Waals surface area contributed by atoms with Crippen molar-refractivity contribution in [3.63, 3.8) is 0 Å². The van der Waals surface area contributed by atoms with Crippen molar-refractivity contribution in [3.8, 4) is 18.1 Å². The van der Waals surface area contributed by atoms with E-state index in [0.717, 1.165) is 30.0 Å². The summed E-state index contributed by atoms with van der Waals surface area (Å²) in [5.41, 5.74) is 0. The fraction of sp³-hybridized carbons (Fsp3) is 0.429. The minimum atomic E-state index is 0.332. The Hall–Kier alpha value is -1.17. The van der Waals surface area contributed by atoms with E-state index in [1.807, 2.05) is 31.3 Å². The van der Waals surface area contributed by atoms with Crippen molar-refractivity contribution in [3.05, 3.63) is 29.3 Å². The Kier molecular flexibility index (Phi) is 6.54. The predicted octanol–water partition coefficient (Wildman–Crippen LogP) is 3.11. The molecular weight excluding hydrogens is 234 g/mol. The van der Waals surface area contributed by atoms with Crippen molar-refractivity contribution >= 4 is 11.6 Å². The first-order valence-corrected chi connectivity index (χ1v) is 6.13. The van der Waals surface area contributed by atoms with Crippen LogP contribution in [-0.4, -0.2) is 19.7 Å². The van der Waals surface area contributed by atoms with Crippen molar-refractivity contribution in [2.75, 3.05) is 13.7 Å². The molecule has 1 rings (SSSR count). The number of rotatable bonds is 7. The molecule has 92 valence electrons. The van der Waals surface area contributed by atoms with Gasteiger partial charge < -0.3 is 10.1 Å². The van der Waals surface area contributed by atoms with E-state index in [9.17, 15) is 0 Å². The quantitative estimate of drug-likeness (QED) is 0.594. The van der Waals surface area contributed by atoms with Crippen LogP contribution < -0.4 is 10.1 Å². The first kappa shape index (κ1) is 13.9. The van der Waals surface area contributed by atoms with Crippen molar-refractivity contribution in [1.29, 1.82) is 0 Å². The number of unbranched alkanes of at least 4 members (excludes halogenated alkanes) is 1. The number of benzene rings is 1. The zero-order chi connectivity index (χ0) is 12.5. The lowest BCUT2D eigenvalue weighted by atomic mass is 10.1. The summed E-state index contributed by atoms with van der Waals surface area (Å²) in [6.45, 7) is 0.642. The molecule has 0 heterocycles. The van der Waals surface area contributed by atoms with E-state index >= 15 is 0 Å². The van der Waals surface area contributed by atoms with Crippen LogP contribution in [0.4, 0.5) is 0 Å². The van der Waals surface area contributed by atoms with Gasteiger partial charge in [-0.2, -0.15) is 0 Å². The number of hydrogen-bond acceptors (Lipinski definition) is 2. The van der Waals surface area contributed by atoms with Gasteiger partial charge in [0.1, 0.15) is 12.4 Å². The largest absolute Gasteiger partial charge is 0.492 e. The van der Waals surface area contributed by atoms with Gasteiger partial charge in [0.2, 0.25) is 0 Å². The van der Waals surface area contributed by atoms with Gasteiger partial charge in [-0.25, -0.2) is 0 Å². The number of halogens is 1. The van der Waals surface area contributed by atoms with Crippen LogP contribution in [0.3, 0.4) is 0 Å². The second-order valence-corrected chi connectivity index (χ2v) is 4.28. The van der Waals surface area contributed by atoms with E-state index in [2.05, 4.69) is 11.2 Å². The van der Waals surface area contributed by atoms with Gasteiger partial charge in [0, 0.05) is 17.5 Å². The molecule has 1 unspecified atom stereocenters. The van der Waals surface area contributed by atoms with E-state index in [-0.39, 0.29) is 0 Å². The maximum atomic E-state index is 5.80. The second-order valence-electron chi connectivity index (χ2n) is 3.85. The lowest BCUT2D eigenvalue weighted by Gasteiger charge is -2.16. The Morgan fingerprint density at radius 2 is 2.12 bits per heavy atom. The monoisotopic (exact) mass is 251 g/mol. The first-order chi connectivity index (χ1) is 8.26. The minimum absolute atomic E-state index is 0.332. The molecule has 0 fully saturated rings. The average Bonchev–Trinajstić information content (AvgIpc) is 2.35. The Balaban J connectivity index is 2.32. The van der Waals surface area contributed by atoms with Crippen LogP contribution in [0, 0.1) is 12.3 Å². The third kappa shape index (κ3) is 5.63. The molecule has 0 aromatic heterocycles. The fourth-order valence-corrected chi connectivity index (χ4v) is 1.62. The fourth-order valence-electron chi connectivity index (χ4n) is 1.49. The van der Waals surface area contributed by atoms with Crippen molar-refractivity contribution < 1.29 is 4.74 Å². The van der Waals surface area contributed by atoms with Crippen LogP contribution in [-0.2, 0) is 0 Å². The molecule has 2 nitrogen and oxygen atoms in total. The summed E-state index contributed by atoms with van der Waals surface area (Å²) in [4.78, 5) is 0. The average molecular weight is 252 g/mol. The number of terminal acetylenes is 1. The molecule has 0 saturated carbocycles. The maximum absolute atomic E-state index is 5.80. The summed E-state index contributed by atoms with van der Waals surface area (Å²) in [6, 6.07) is 7.72. The summed E-state index contributed by atoms with van der Waals surface area (Å²) in [5, 5.41) is 3.94. The van der Waals surface area contributed by atoms with Gasteiger partial charge in [-0.3, -0.25) is 0 Å². The predicted molar refractivity (Wildman–Crippen MR) is 72.5 cm³/mol. The van der Waals surface area contributed by atoms with Crippen LogP contribution in [0.15, 0.2) is 24.3 Å². The lowest BCUT2D eigenvalue weighted by molar-refractivity contribution is 0.262. The Labute approximate surface area is 108 Å². The zero-order valence-corrected chi connectivity index (χ0v) is 10.8. The first-order valence-electron chi connectivity index (χ1n) is 5.75. The van der Waals surface area contributed by atoms with Crippen LogP contribution >= 0.6 is 11.6 Å². The molecule has 0 radical (unpaired) electrons. The summed E-state index contributed by atoms with van der Waals surface area (Å²) >= 11 is 5.80. The molecule has 17 heavy (non-hydrogen) atoms. The van der Waals surface area contributed by atoms with Crippen LogP contribution in [0.5, 0.6) is 5.75 Å². The molecule has 1 aromatic carbocycles. The van der Waals surface area contributed by atoms with Crippen molar-refractivity contribution in [1.82, 2.24) is 5.32 Å². The normalized spacial score (nSPS) is 11.8. The van der Waals surface area contributed by atoms with Gasteiger partial charge in [-0.05, 0) is 44.2 Å². The molecule has 1 N–H and O–H groups in total. The van der Waals surface area contributed by atoms with E-state index in [1.54, 1.807) is 0 Å².